The molecule has 1 aliphatic carbocycles. The molecule has 0 spiro atoms. The van der Waals surface area contributed by atoms with Crippen LogP contribution in [0.5, 0.6) is 5.75 Å². The predicted molar refractivity (Wildman–Crippen MR) is 99.1 cm³/mol. The van der Waals surface area contributed by atoms with Crippen molar-refractivity contribution in [2.75, 3.05) is 13.7 Å². The summed E-state index contributed by atoms with van der Waals surface area (Å²) in [5.74, 6) is 1.05. The van der Waals surface area contributed by atoms with E-state index in [4.69, 9.17) is 4.74 Å². The Morgan fingerprint density at radius 1 is 1.16 bits per heavy atom. The zero-order valence-corrected chi connectivity index (χ0v) is 14.4. The Bertz CT molecular complexity index is 896. The maximum atomic E-state index is 12.9. The van der Waals surface area contributed by atoms with Crippen LogP contribution < -0.4 is 4.74 Å². The number of benzene rings is 2. The van der Waals surface area contributed by atoms with E-state index in [0.29, 0.717) is 12.6 Å². The number of ether oxygens (including phenoxy) is 1. The molecule has 0 amide bonds. The molecular formula is C21H22N2O2. The maximum Gasteiger partial charge on any atom is 0.178 e. The number of methoxy groups -OCH3 is 1. The molecule has 4 rings (SSSR count). The van der Waals surface area contributed by atoms with Gasteiger partial charge in [0.15, 0.2) is 5.78 Å². The number of carbonyl (C=O) groups is 1. The number of nitrogens with zero attached hydrogens (tertiary/aromatic N) is 1. The summed E-state index contributed by atoms with van der Waals surface area (Å²) < 4.78 is 5.46. The van der Waals surface area contributed by atoms with E-state index >= 15 is 0 Å². The van der Waals surface area contributed by atoms with Crippen molar-refractivity contribution in [1.82, 2.24) is 9.88 Å². The van der Waals surface area contributed by atoms with Crippen LogP contribution in [-0.4, -0.2) is 35.4 Å². The van der Waals surface area contributed by atoms with E-state index in [0.717, 1.165) is 47.2 Å². The van der Waals surface area contributed by atoms with Crippen LogP contribution >= 0.6 is 0 Å². The fourth-order valence-electron chi connectivity index (χ4n) is 3.38. The van der Waals surface area contributed by atoms with Gasteiger partial charge in [-0.05, 0) is 25.0 Å². The number of hydrogen-bond donors (Lipinski definition) is 1. The quantitative estimate of drug-likeness (QED) is 0.664. The third-order valence-electron chi connectivity index (χ3n) is 4.87. The van der Waals surface area contributed by atoms with Gasteiger partial charge in [-0.1, -0.05) is 36.4 Å². The van der Waals surface area contributed by atoms with Crippen LogP contribution in [-0.2, 0) is 6.54 Å². The van der Waals surface area contributed by atoms with Crippen molar-refractivity contribution >= 4 is 16.7 Å². The molecule has 4 nitrogen and oxygen atoms in total. The third-order valence-corrected chi connectivity index (χ3v) is 4.87. The normalized spacial score (nSPS) is 14.2. The minimum absolute atomic E-state index is 0.166. The van der Waals surface area contributed by atoms with Gasteiger partial charge in [0.25, 0.3) is 0 Å². The number of fused-ring (bicyclic) bond motifs is 1. The maximum absolute atomic E-state index is 12.9. The van der Waals surface area contributed by atoms with E-state index in [9.17, 15) is 4.79 Å². The van der Waals surface area contributed by atoms with Crippen LogP contribution in [0.3, 0.4) is 0 Å². The number of aromatic nitrogens is 1. The Balaban J connectivity index is 1.55. The molecule has 0 aliphatic heterocycles. The Morgan fingerprint density at radius 3 is 2.72 bits per heavy atom. The second-order valence-corrected chi connectivity index (χ2v) is 6.62. The predicted octanol–water partition coefficient (Wildman–Crippen LogP) is 4.02. The van der Waals surface area contributed by atoms with Crippen LogP contribution in [0.2, 0.25) is 0 Å². The topological polar surface area (TPSA) is 45.3 Å². The molecule has 128 valence electrons. The molecule has 3 aromatic rings. The molecule has 4 heteroatoms. The molecule has 0 saturated heterocycles. The number of aromatic amines is 1. The van der Waals surface area contributed by atoms with E-state index in [1.807, 2.05) is 48.7 Å². The van der Waals surface area contributed by atoms with Gasteiger partial charge in [0.1, 0.15) is 5.75 Å². The number of ketones is 1. The summed E-state index contributed by atoms with van der Waals surface area (Å²) >= 11 is 0. The fraction of sp³-hybridized carbons (Fsp3) is 0.286. The summed E-state index contributed by atoms with van der Waals surface area (Å²) in [6, 6.07) is 16.5. The molecule has 1 heterocycles. The van der Waals surface area contributed by atoms with Gasteiger partial charge >= 0.3 is 0 Å². The summed E-state index contributed by atoms with van der Waals surface area (Å²) in [5.41, 5.74) is 2.92. The highest BCUT2D eigenvalue weighted by Gasteiger charge is 2.31. The third kappa shape index (κ3) is 3.30. The lowest BCUT2D eigenvalue weighted by molar-refractivity contribution is 0.0920. The van der Waals surface area contributed by atoms with Crippen molar-refractivity contribution in [2.24, 2.45) is 0 Å². The lowest BCUT2D eigenvalue weighted by Crippen LogP contribution is -2.31. The van der Waals surface area contributed by atoms with Crippen molar-refractivity contribution in [1.29, 1.82) is 0 Å². The number of rotatable bonds is 7. The highest BCUT2D eigenvalue weighted by atomic mass is 16.5. The highest BCUT2D eigenvalue weighted by Crippen LogP contribution is 2.31. The number of nitrogens with one attached hydrogen (secondary N) is 1. The molecule has 0 bridgehead atoms. The van der Waals surface area contributed by atoms with E-state index in [1.165, 1.54) is 0 Å². The summed E-state index contributed by atoms with van der Waals surface area (Å²) in [6.07, 6.45) is 4.16. The highest BCUT2D eigenvalue weighted by molar-refractivity contribution is 6.08. The van der Waals surface area contributed by atoms with Gasteiger partial charge in [0.2, 0.25) is 0 Å². The minimum Gasteiger partial charge on any atom is -0.496 e. The van der Waals surface area contributed by atoms with E-state index in [-0.39, 0.29) is 5.78 Å². The second-order valence-electron chi connectivity index (χ2n) is 6.62. The van der Waals surface area contributed by atoms with Crippen molar-refractivity contribution in [2.45, 2.75) is 25.4 Å². The summed E-state index contributed by atoms with van der Waals surface area (Å²) in [4.78, 5) is 18.4. The Kier molecular flexibility index (Phi) is 4.28. The number of H-pyrrole nitrogens is 1. The van der Waals surface area contributed by atoms with Crippen molar-refractivity contribution < 1.29 is 9.53 Å². The zero-order chi connectivity index (χ0) is 17.2. The first-order valence-corrected chi connectivity index (χ1v) is 8.71. The van der Waals surface area contributed by atoms with Gasteiger partial charge < -0.3 is 9.72 Å². The number of Topliss-reactive ketones (excluding diaryl/α,β-unsaturated/α-hetero) is 1. The van der Waals surface area contributed by atoms with Gasteiger partial charge in [-0.15, -0.1) is 0 Å². The largest absolute Gasteiger partial charge is 0.496 e. The van der Waals surface area contributed by atoms with E-state index in [1.54, 1.807) is 7.11 Å². The monoisotopic (exact) mass is 334 g/mol. The number of carbonyl (C=O) groups excluding carboxylic acids is 1. The zero-order valence-electron chi connectivity index (χ0n) is 14.4. The first kappa shape index (κ1) is 15.9. The van der Waals surface area contributed by atoms with Crippen molar-refractivity contribution in [3.8, 4) is 5.75 Å². The molecule has 1 aliphatic rings. The number of para-hydroxylation sites is 2. The Morgan fingerprint density at radius 2 is 1.92 bits per heavy atom. The summed E-state index contributed by atoms with van der Waals surface area (Å²) in [6.45, 7) is 1.17. The number of hydrogen-bond acceptors (Lipinski definition) is 3. The average Bonchev–Trinajstić information content (AvgIpc) is 3.40. The van der Waals surface area contributed by atoms with Crippen LogP contribution in [0.1, 0.15) is 28.8 Å². The first-order chi connectivity index (χ1) is 12.3. The van der Waals surface area contributed by atoms with Crippen LogP contribution in [0.25, 0.3) is 10.9 Å². The lowest BCUT2D eigenvalue weighted by Gasteiger charge is -2.22. The second kappa shape index (κ2) is 6.73. The van der Waals surface area contributed by atoms with E-state index in [2.05, 4.69) is 16.0 Å². The molecule has 1 saturated carbocycles. The molecule has 1 fully saturated rings. The SMILES string of the molecule is COc1ccccc1CN(CC(=O)c1c[nH]c2ccccc12)C1CC1. The standard InChI is InChI=1S/C21H22N2O2/c1-25-21-9-5-2-6-15(21)13-23(16-10-11-16)14-20(24)18-12-22-19-8-4-3-7-17(18)19/h2-9,12,16,22H,10-11,13-14H2,1H3. The Hall–Kier alpha value is -2.59. The van der Waals surface area contributed by atoms with Crippen LogP contribution in [0, 0.1) is 0 Å². The summed E-state index contributed by atoms with van der Waals surface area (Å²) in [5, 5.41) is 1.00. The van der Waals surface area contributed by atoms with Gasteiger partial charge in [0, 0.05) is 40.8 Å². The van der Waals surface area contributed by atoms with E-state index < -0.39 is 0 Å². The van der Waals surface area contributed by atoms with Gasteiger partial charge in [-0.2, -0.15) is 0 Å². The molecule has 0 unspecified atom stereocenters. The fourth-order valence-corrected chi connectivity index (χ4v) is 3.38. The molecule has 25 heavy (non-hydrogen) atoms. The lowest BCUT2D eigenvalue weighted by atomic mass is 10.1. The van der Waals surface area contributed by atoms with Crippen molar-refractivity contribution in [3.63, 3.8) is 0 Å². The van der Waals surface area contributed by atoms with Crippen molar-refractivity contribution in [3.05, 3.63) is 65.9 Å². The first-order valence-electron chi connectivity index (χ1n) is 8.71. The summed E-state index contributed by atoms with van der Waals surface area (Å²) in [7, 11) is 1.69. The molecule has 1 N–H and O–H groups in total. The molecule has 1 aromatic heterocycles. The minimum atomic E-state index is 0.166. The van der Waals surface area contributed by atoms with Crippen LogP contribution in [0.4, 0.5) is 0 Å². The molecule has 0 radical (unpaired) electrons. The van der Waals surface area contributed by atoms with Gasteiger partial charge in [0.05, 0.1) is 13.7 Å². The molecule has 0 atom stereocenters. The molecule has 2 aromatic carbocycles. The molecular weight excluding hydrogens is 312 g/mol. The van der Waals surface area contributed by atoms with Crippen LogP contribution in [0.15, 0.2) is 54.7 Å². The smallest absolute Gasteiger partial charge is 0.178 e. The average molecular weight is 334 g/mol. The van der Waals surface area contributed by atoms with Gasteiger partial charge in [-0.3, -0.25) is 9.69 Å². The Labute approximate surface area is 147 Å². The van der Waals surface area contributed by atoms with Gasteiger partial charge in [-0.25, -0.2) is 0 Å².